The lowest BCUT2D eigenvalue weighted by atomic mass is 10.1. The molecule has 5 nitrogen and oxygen atoms in total. The number of hydrogen-bond donors (Lipinski definition) is 1. The minimum atomic E-state index is -0.370. The van der Waals surface area contributed by atoms with Crippen LogP contribution in [0.4, 0.5) is 0 Å². The van der Waals surface area contributed by atoms with Crippen molar-refractivity contribution >= 4 is 16.9 Å². The SMILES string of the molecule is CCOC(=O)c1c(CNC(C)C)oc2ccc(OC)cc12. The predicted molar refractivity (Wildman–Crippen MR) is 80.7 cm³/mol. The highest BCUT2D eigenvalue weighted by Gasteiger charge is 2.22. The Morgan fingerprint density at radius 3 is 2.76 bits per heavy atom. The average Bonchev–Trinajstić information content (AvgIpc) is 2.82. The molecule has 0 aliphatic heterocycles. The quantitative estimate of drug-likeness (QED) is 0.829. The van der Waals surface area contributed by atoms with Crippen LogP contribution < -0.4 is 10.1 Å². The number of furan rings is 1. The van der Waals surface area contributed by atoms with Gasteiger partial charge in [-0.15, -0.1) is 0 Å². The molecule has 0 unspecified atom stereocenters. The molecular formula is C16H21NO4. The maximum absolute atomic E-state index is 12.2. The molecule has 0 radical (unpaired) electrons. The first-order chi connectivity index (χ1) is 10.1. The molecule has 114 valence electrons. The summed E-state index contributed by atoms with van der Waals surface area (Å²) in [5.74, 6) is 0.896. The third-order valence-electron chi connectivity index (χ3n) is 3.12. The Hall–Kier alpha value is -2.01. The van der Waals surface area contributed by atoms with Gasteiger partial charge in [-0.2, -0.15) is 0 Å². The fraction of sp³-hybridized carbons (Fsp3) is 0.438. The summed E-state index contributed by atoms with van der Waals surface area (Å²) in [5.41, 5.74) is 1.12. The third-order valence-corrected chi connectivity index (χ3v) is 3.12. The van der Waals surface area contributed by atoms with E-state index in [2.05, 4.69) is 5.32 Å². The van der Waals surface area contributed by atoms with E-state index in [0.29, 0.717) is 47.2 Å². The van der Waals surface area contributed by atoms with E-state index in [1.807, 2.05) is 13.8 Å². The number of esters is 1. The van der Waals surface area contributed by atoms with Gasteiger partial charge in [-0.1, -0.05) is 13.8 Å². The lowest BCUT2D eigenvalue weighted by Gasteiger charge is -2.07. The molecule has 1 aromatic carbocycles. The Kier molecular flexibility index (Phi) is 4.85. The van der Waals surface area contributed by atoms with E-state index in [-0.39, 0.29) is 5.97 Å². The molecule has 0 spiro atoms. The second-order valence-corrected chi connectivity index (χ2v) is 5.02. The highest BCUT2D eigenvalue weighted by molar-refractivity contribution is 6.05. The molecule has 0 bridgehead atoms. The number of nitrogens with one attached hydrogen (secondary N) is 1. The topological polar surface area (TPSA) is 60.7 Å². The van der Waals surface area contributed by atoms with E-state index in [9.17, 15) is 4.79 Å². The van der Waals surface area contributed by atoms with Crippen molar-refractivity contribution in [2.45, 2.75) is 33.4 Å². The van der Waals surface area contributed by atoms with Crippen LogP contribution in [0.15, 0.2) is 22.6 Å². The normalized spacial score (nSPS) is 11.1. The number of methoxy groups -OCH3 is 1. The Bertz CT molecular complexity index is 630. The van der Waals surface area contributed by atoms with Crippen LogP contribution in [0.5, 0.6) is 5.75 Å². The Morgan fingerprint density at radius 1 is 1.38 bits per heavy atom. The molecule has 21 heavy (non-hydrogen) atoms. The lowest BCUT2D eigenvalue weighted by Crippen LogP contribution is -2.22. The van der Waals surface area contributed by atoms with E-state index < -0.39 is 0 Å². The minimum Gasteiger partial charge on any atom is -0.497 e. The fourth-order valence-corrected chi connectivity index (χ4v) is 2.10. The summed E-state index contributed by atoms with van der Waals surface area (Å²) in [7, 11) is 1.59. The van der Waals surface area contributed by atoms with Gasteiger partial charge < -0.3 is 19.2 Å². The van der Waals surface area contributed by atoms with E-state index >= 15 is 0 Å². The van der Waals surface area contributed by atoms with E-state index in [1.165, 1.54) is 0 Å². The molecule has 0 saturated carbocycles. The van der Waals surface area contributed by atoms with Crippen LogP contribution in [0.2, 0.25) is 0 Å². The number of ether oxygens (including phenoxy) is 2. The second-order valence-electron chi connectivity index (χ2n) is 5.02. The van der Waals surface area contributed by atoms with E-state index in [0.717, 1.165) is 0 Å². The molecular weight excluding hydrogens is 270 g/mol. The smallest absolute Gasteiger partial charge is 0.342 e. The van der Waals surface area contributed by atoms with E-state index in [1.54, 1.807) is 32.2 Å². The van der Waals surface area contributed by atoms with Gasteiger partial charge in [0.1, 0.15) is 22.7 Å². The van der Waals surface area contributed by atoms with Crippen LogP contribution in [-0.2, 0) is 11.3 Å². The molecule has 0 aliphatic rings. The summed E-state index contributed by atoms with van der Waals surface area (Å²) in [6, 6.07) is 5.70. The highest BCUT2D eigenvalue weighted by atomic mass is 16.5. The van der Waals surface area contributed by atoms with Gasteiger partial charge in [-0.25, -0.2) is 4.79 Å². The van der Waals surface area contributed by atoms with Gasteiger partial charge in [0.15, 0.2) is 0 Å². The van der Waals surface area contributed by atoms with Crippen LogP contribution in [0.1, 0.15) is 36.9 Å². The van der Waals surface area contributed by atoms with Crippen LogP contribution in [0, 0.1) is 0 Å². The highest BCUT2D eigenvalue weighted by Crippen LogP contribution is 2.30. The van der Waals surface area contributed by atoms with Crippen molar-refractivity contribution in [3.63, 3.8) is 0 Å². The van der Waals surface area contributed by atoms with Crippen molar-refractivity contribution in [1.82, 2.24) is 5.32 Å². The van der Waals surface area contributed by atoms with Gasteiger partial charge in [0, 0.05) is 11.4 Å². The van der Waals surface area contributed by atoms with Crippen molar-refractivity contribution in [3.05, 3.63) is 29.5 Å². The molecule has 0 atom stereocenters. The number of carbonyl (C=O) groups excluding carboxylic acids is 1. The Morgan fingerprint density at radius 2 is 2.14 bits per heavy atom. The lowest BCUT2D eigenvalue weighted by molar-refractivity contribution is 0.0525. The van der Waals surface area contributed by atoms with Gasteiger partial charge in [0.2, 0.25) is 0 Å². The van der Waals surface area contributed by atoms with Gasteiger partial charge in [0.25, 0.3) is 0 Å². The van der Waals surface area contributed by atoms with Crippen molar-refractivity contribution in [2.75, 3.05) is 13.7 Å². The van der Waals surface area contributed by atoms with Crippen LogP contribution >= 0.6 is 0 Å². The standard InChI is InChI=1S/C16H21NO4/c1-5-20-16(18)15-12-8-11(19-4)6-7-13(12)21-14(15)9-17-10(2)3/h6-8,10,17H,5,9H2,1-4H3. The molecule has 1 heterocycles. The molecule has 5 heteroatoms. The summed E-state index contributed by atoms with van der Waals surface area (Å²) >= 11 is 0. The second kappa shape index (κ2) is 6.63. The first-order valence-electron chi connectivity index (χ1n) is 7.06. The van der Waals surface area contributed by atoms with Gasteiger partial charge in [0.05, 0.1) is 20.3 Å². The Balaban J connectivity index is 2.49. The molecule has 0 fully saturated rings. The number of rotatable bonds is 6. The van der Waals surface area contributed by atoms with Gasteiger partial charge >= 0.3 is 5.97 Å². The summed E-state index contributed by atoms with van der Waals surface area (Å²) < 4.78 is 16.2. The summed E-state index contributed by atoms with van der Waals surface area (Å²) in [4.78, 5) is 12.2. The monoisotopic (exact) mass is 291 g/mol. The number of carbonyl (C=O) groups is 1. The maximum Gasteiger partial charge on any atom is 0.342 e. The van der Waals surface area contributed by atoms with Crippen LogP contribution in [0.25, 0.3) is 11.0 Å². The number of hydrogen-bond acceptors (Lipinski definition) is 5. The van der Waals surface area contributed by atoms with Crippen molar-refractivity contribution in [3.8, 4) is 5.75 Å². The Labute approximate surface area is 124 Å². The molecule has 1 aromatic heterocycles. The zero-order valence-corrected chi connectivity index (χ0v) is 12.9. The van der Waals surface area contributed by atoms with Crippen LogP contribution in [-0.4, -0.2) is 25.7 Å². The summed E-state index contributed by atoms with van der Waals surface area (Å²) in [5, 5.41) is 3.97. The van der Waals surface area contributed by atoms with Crippen molar-refractivity contribution < 1.29 is 18.7 Å². The van der Waals surface area contributed by atoms with Crippen molar-refractivity contribution in [1.29, 1.82) is 0 Å². The van der Waals surface area contributed by atoms with Crippen LogP contribution in [0.3, 0.4) is 0 Å². The molecule has 1 N–H and O–H groups in total. The largest absolute Gasteiger partial charge is 0.497 e. The van der Waals surface area contributed by atoms with Gasteiger partial charge in [-0.05, 0) is 25.1 Å². The fourth-order valence-electron chi connectivity index (χ4n) is 2.10. The van der Waals surface area contributed by atoms with Gasteiger partial charge in [-0.3, -0.25) is 0 Å². The summed E-state index contributed by atoms with van der Waals surface area (Å²) in [6.45, 7) is 6.66. The molecule has 0 amide bonds. The predicted octanol–water partition coefficient (Wildman–Crippen LogP) is 3.12. The molecule has 0 aliphatic carbocycles. The average molecular weight is 291 g/mol. The number of benzene rings is 1. The van der Waals surface area contributed by atoms with Crippen molar-refractivity contribution in [2.24, 2.45) is 0 Å². The first kappa shape index (κ1) is 15.4. The third kappa shape index (κ3) is 3.36. The zero-order chi connectivity index (χ0) is 15.4. The summed E-state index contributed by atoms with van der Waals surface area (Å²) in [6.07, 6.45) is 0. The maximum atomic E-state index is 12.2. The first-order valence-corrected chi connectivity index (χ1v) is 7.06. The number of fused-ring (bicyclic) bond motifs is 1. The molecule has 0 saturated heterocycles. The zero-order valence-electron chi connectivity index (χ0n) is 12.9. The molecule has 2 aromatic rings. The molecule has 2 rings (SSSR count). The minimum absolute atomic E-state index is 0.294. The van der Waals surface area contributed by atoms with E-state index in [4.69, 9.17) is 13.9 Å².